The molecule has 4 nitrogen and oxygen atoms in total. The van der Waals surface area contributed by atoms with Crippen LogP contribution in [-0.4, -0.2) is 32.1 Å². The Kier molecular flexibility index (Phi) is 5.28. The van der Waals surface area contributed by atoms with Crippen LogP contribution in [0.4, 0.5) is 20.2 Å². The second-order valence-electron chi connectivity index (χ2n) is 6.22. The van der Waals surface area contributed by atoms with Gasteiger partial charge in [-0.2, -0.15) is 0 Å². The fourth-order valence-electron chi connectivity index (χ4n) is 3.08. The molecular weight excluding hydrogens is 324 g/mol. The highest BCUT2D eigenvalue weighted by Crippen LogP contribution is 2.24. The van der Waals surface area contributed by atoms with Gasteiger partial charge < -0.3 is 15.5 Å². The predicted molar refractivity (Wildman–Crippen MR) is 95.0 cm³/mol. The highest BCUT2D eigenvalue weighted by atomic mass is 19.1. The number of hydrogen-bond acceptors (Lipinski definition) is 3. The SMILES string of the molecule is CN(c1cccc(NC(=O)c2ccc(F)cc2F)c1)C1CCNCC1. The summed E-state index contributed by atoms with van der Waals surface area (Å²) in [6, 6.07) is 10.8. The molecule has 0 radical (unpaired) electrons. The number of carbonyl (C=O) groups is 1. The third-order valence-corrected chi connectivity index (χ3v) is 4.54. The summed E-state index contributed by atoms with van der Waals surface area (Å²) in [5, 5.41) is 6.02. The van der Waals surface area contributed by atoms with Crippen LogP contribution in [0.5, 0.6) is 0 Å². The van der Waals surface area contributed by atoms with Crippen molar-refractivity contribution in [1.82, 2.24) is 5.32 Å². The van der Waals surface area contributed by atoms with Crippen molar-refractivity contribution in [2.75, 3.05) is 30.4 Å². The van der Waals surface area contributed by atoms with E-state index in [1.165, 1.54) is 0 Å². The molecule has 1 aliphatic heterocycles. The first-order valence-electron chi connectivity index (χ1n) is 8.34. The standard InChI is InChI=1S/C19H21F2N3O/c1-24(15-7-9-22-10-8-15)16-4-2-3-14(12-16)23-19(25)17-6-5-13(20)11-18(17)21/h2-6,11-12,15,22H,7-10H2,1H3,(H,23,25). The first-order chi connectivity index (χ1) is 12.0. The van der Waals surface area contributed by atoms with Crippen LogP contribution in [0.25, 0.3) is 0 Å². The van der Waals surface area contributed by atoms with E-state index in [4.69, 9.17) is 0 Å². The summed E-state index contributed by atoms with van der Waals surface area (Å²) in [6.45, 7) is 1.99. The molecule has 1 saturated heterocycles. The summed E-state index contributed by atoms with van der Waals surface area (Å²) in [5.41, 5.74) is 1.38. The molecule has 0 aliphatic carbocycles. The first-order valence-corrected chi connectivity index (χ1v) is 8.34. The fraction of sp³-hybridized carbons (Fsp3) is 0.316. The maximum Gasteiger partial charge on any atom is 0.258 e. The zero-order valence-electron chi connectivity index (χ0n) is 14.1. The van der Waals surface area contributed by atoms with Crippen LogP contribution in [0.3, 0.4) is 0 Å². The minimum absolute atomic E-state index is 0.182. The molecule has 0 unspecified atom stereocenters. The van der Waals surface area contributed by atoms with Crippen LogP contribution in [0.15, 0.2) is 42.5 Å². The molecule has 132 valence electrons. The quantitative estimate of drug-likeness (QED) is 0.893. The smallest absolute Gasteiger partial charge is 0.258 e. The van der Waals surface area contributed by atoms with E-state index in [1.54, 1.807) is 6.07 Å². The maximum atomic E-state index is 13.7. The van der Waals surface area contributed by atoms with Crippen molar-refractivity contribution in [3.8, 4) is 0 Å². The minimum Gasteiger partial charge on any atom is -0.371 e. The number of carbonyl (C=O) groups excluding carboxylic acids is 1. The maximum absolute atomic E-state index is 13.7. The summed E-state index contributed by atoms with van der Waals surface area (Å²) in [4.78, 5) is 14.4. The monoisotopic (exact) mass is 345 g/mol. The van der Waals surface area contributed by atoms with Crippen LogP contribution < -0.4 is 15.5 Å². The zero-order chi connectivity index (χ0) is 17.8. The Balaban J connectivity index is 1.73. The van der Waals surface area contributed by atoms with E-state index in [2.05, 4.69) is 15.5 Å². The summed E-state index contributed by atoms with van der Waals surface area (Å²) in [6.07, 6.45) is 2.13. The van der Waals surface area contributed by atoms with Crippen molar-refractivity contribution in [3.63, 3.8) is 0 Å². The number of hydrogen-bond donors (Lipinski definition) is 2. The van der Waals surface area contributed by atoms with E-state index in [0.717, 1.165) is 43.8 Å². The first kappa shape index (κ1) is 17.4. The number of anilines is 2. The van der Waals surface area contributed by atoms with Crippen molar-refractivity contribution in [2.24, 2.45) is 0 Å². The van der Waals surface area contributed by atoms with Gasteiger partial charge in [0.1, 0.15) is 11.6 Å². The van der Waals surface area contributed by atoms with Crippen LogP contribution in [0, 0.1) is 11.6 Å². The molecule has 25 heavy (non-hydrogen) atoms. The molecule has 2 N–H and O–H groups in total. The van der Waals surface area contributed by atoms with Gasteiger partial charge in [-0.25, -0.2) is 8.78 Å². The normalized spacial score (nSPS) is 15.0. The van der Waals surface area contributed by atoms with Gasteiger partial charge in [0.2, 0.25) is 0 Å². The number of nitrogens with zero attached hydrogens (tertiary/aromatic N) is 1. The van der Waals surface area contributed by atoms with Gasteiger partial charge in [0.05, 0.1) is 5.56 Å². The number of halogens is 2. The molecule has 1 heterocycles. The predicted octanol–water partition coefficient (Wildman–Crippen LogP) is 3.41. The van der Waals surface area contributed by atoms with Crippen LogP contribution in [0.1, 0.15) is 23.2 Å². The van der Waals surface area contributed by atoms with Crippen LogP contribution in [-0.2, 0) is 0 Å². The molecule has 1 amide bonds. The molecule has 6 heteroatoms. The Bertz CT molecular complexity index is 760. The van der Waals surface area contributed by atoms with Gasteiger partial charge in [-0.3, -0.25) is 4.79 Å². The molecular formula is C19H21F2N3O. The largest absolute Gasteiger partial charge is 0.371 e. The highest BCUT2D eigenvalue weighted by Gasteiger charge is 2.19. The molecule has 0 saturated carbocycles. The summed E-state index contributed by atoms with van der Waals surface area (Å²) < 4.78 is 26.7. The van der Waals surface area contributed by atoms with Crippen LogP contribution >= 0.6 is 0 Å². The van der Waals surface area contributed by atoms with Crippen molar-refractivity contribution < 1.29 is 13.6 Å². The van der Waals surface area contributed by atoms with E-state index in [9.17, 15) is 13.6 Å². The Morgan fingerprint density at radius 1 is 1.16 bits per heavy atom. The second-order valence-corrected chi connectivity index (χ2v) is 6.22. The Hall–Kier alpha value is -2.47. The van der Waals surface area contributed by atoms with Gasteiger partial charge in [-0.05, 0) is 56.3 Å². The van der Waals surface area contributed by atoms with Gasteiger partial charge in [0, 0.05) is 30.5 Å². The van der Waals surface area contributed by atoms with Gasteiger partial charge in [-0.15, -0.1) is 0 Å². The molecule has 1 fully saturated rings. The Labute approximate surface area is 145 Å². The van der Waals surface area contributed by atoms with E-state index < -0.39 is 17.5 Å². The lowest BCUT2D eigenvalue weighted by Gasteiger charge is -2.33. The van der Waals surface area contributed by atoms with Crippen LogP contribution in [0.2, 0.25) is 0 Å². The lowest BCUT2D eigenvalue weighted by molar-refractivity contribution is 0.102. The second kappa shape index (κ2) is 7.61. The lowest BCUT2D eigenvalue weighted by Crippen LogP contribution is -2.41. The fourth-order valence-corrected chi connectivity index (χ4v) is 3.08. The molecule has 0 aromatic heterocycles. The third kappa shape index (κ3) is 4.14. The third-order valence-electron chi connectivity index (χ3n) is 4.54. The van der Waals surface area contributed by atoms with E-state index in [0.29, 0.717) is 17.8 Å². The molecule has 3 rings (SSSR count). The van der Waals surface area contributed by atoms with E-state index >= 15 is 0 Å². The van der Waals surface area contributed by atoms with Crippen molar-refractivity contribution in [3.05, 3.63) is 59.7 Å². The molecule has 1 aliphatic rings. The van der Waals surface area contributed by atoms with Gasteiger partial charge in [0.15, 0.2) is 0 Å². The topological polar surface area (TPSA) is 44.4 Å². The molecule has 2 aromatic carbocycles. The van der Waals surface area contributed by atoms with Crippen molar-refractivity contribution in [1.29, 1.82) is 0 Å². The Morgan fingerprint density at radius 3 is 2.64 bits per heavy atom. The summed E-state index contributed by atoms with van der Waals surface area (Å²) in [7, 11) is 2.04. The highest BCUT2D eigenvalue weighted by molar-refractivity contribution is 6.04. The Morgan fingerprint density at radius 2 is 1.92 bits per heavy atom. The van der Waals surface area contributed by atoms with Gasteiger partial charge >= 0.3 is 0 Å². The molecule has 2 aromatic rings. The molecule has 0 spiro atoms. The molecule has 0 bridgehead atoms. The number of nitrogens with one attached hydrogen (secondary N) is 2. The number of piperidine rings is 1. The summed E-state index contributed by atoms with van der Waals surface area (Å²) in [5.74, 6) is -2.18. The zero-order valence-corrected chi connectivity index (χ0v) is 14.1. The number of rotatable bonds is 4. The minimum atomic E-state index is -0.875. The molecule has 0 atom stereocenters. The van der Waals surface area contributed by atoms with E-state index in [-0.39, 0.29) is 5.56 Å². The van der Waals surface area contributed by atoms with Crippen molar-refractivity contribution in [2.45, 2.75) is 18.9 Å². The number of amides is 1. The summed E-state index contributed by atoms with van der Waals surface area (Å²) >= 11 is 0. The average Bonchev–Trinajstić information content (AvgIpc) is 2.62. The average molecular weight is 345 g/mol. The van der Waals surface area contributed by atoms with Gasteiger partial charge in [0.25, 0.3) is 5.91 Å². The van der Waals surface area contributed by atoms with Gasteiger partial charge in [-0.1, -0.05) is 6.07 Å². The number of benzene rings is 2. The van der Waals surface area contributed by atoms with Crippen molar-refractivity contribution >= 4 is 17.3 Å². The van der Waals surface area contributed by atoms with E-state index in [1.807, 2.05) is 25.2 Å². The lowest BCUT2D eigenvalue weighted by atomic mass is 10.0.